The summed E-state index contributed by atoms with van der Waals surface area (Å²) in [6, 6.07) is 2.08. The molecule has 4 atom stereocenters. The normalized spacial score (nSPS) is 23.8. The number of unbranched alkanes of at least 4 members (excludes halogenated alkanes) is 3. The van der Waals surface area contributed by atoms with Crippen molar-refractivity contribution in [3.05, 3.63) is 32.4 Å². The third-order valence-electron chi connectivity index (χ3n) is 5.95. The number of thiophene rings is 1. The van der Waals surface area contributed by atoms with E-state index in [1.165, 1.54) is 9.75 Å². The predicted molar refractivity (Wildman–Crippen MR) is 127 cm³/mol. The van der Waals surface area contributed by atoms with Gasteiger partial charge >= 0.3 is 193 Å². The van der Waals surface area contributed by atoms with Gasteiger partial charge in [0.2, 0.25) is 0 Å². The summed E-state index contributed by atoms with van der Waals surface area (Å²) in [6.45, 7) is 2.06. The molecule has 30 heavy (non-hydrogen) atoms. The van der Waals surface area contributed by atoms with Gasteiger partial charge in [0.1, 0.15) is 0 Å². The van der Waals surface area contributed by atoms with Crippen molar-refractivity contribution in [3.63, 3.8) is 0 Å². The molecule has 1 aliphatic rings. The summed E-state index contributed by atoms with van der Waals surface area (Å²) in [5, 5.41) is 19.2. The van der Waals surface area contributed by atoms with Crippen LogP contribution in [0.3, 0.4) is 0 Å². The second-order valence-electron chi connectivity index (χ2n) is 8.19. The number of hydrogen-bond acceptors (Lipinski definition) is 4. The predicted octanol–water partition coefficient (Wildman–Crippen LogP) is 4.89. The minimum atomic E-state index is -0.751. The molecule has 2 rings (SSSR count). The Morgan fingerprint density at radius 1 is 1.27 bits per heavy atom. The first-order valence-electron chi connectivity index (χ1n) is 10.7. The minimum absolute atomic E-state index is 0.0751. The van der Waals surface area contributed by atoms with Crippen molar-refractivity contribution in [2.45, 2.75) is 70.8 Å². The van der Waals surface area contributed by atoms with Crippen molar-refractivity contribution in [3.8, 4) is 0 Å². The Morgan fingerprint density at radius 3 is 2.63 bits per heavy atom. The molecular weight excluding hydrogens is 463 g/mol. The van der Waals surface area contributed by atoms with E-state index >= 15 is 0 Å². The second kappa shape index (κ2) is 12.7. The summed E-state index contributed by atoms with van der Waals surface area (Å²) in [6.07, 6.45) is 9.63. The van der Waals surface area contributed by atoms with Crippen LogP contribution in [-0.2, 0) is 16.0 Å². The molecule has 163 valence electrons. The van der Waals surface area contributed by atoms with Crippen molar-refractivity contribution < 1.29 is 19.8 Å². The Kier molecular flexibility index (Phi) is 10.7. The molecule has 1 aliphatic carbocycles. The number of halogens is 1. The average Bonchev–Trinajstić information content (AvgIpc) is 3.19. The van der Waals surface area contributed by atoms with Crippen molar-refractivity contribution in [2.75, 3.05) is 0 Å². The number of allylic oxidation sites excluding steroid dienone is 2. The Morgan fingerprint density at radius 2 is 2.00 bits per heavy atom. The molecule has 1 radical (unpaired) electrons. The zero-order valence-electron chi connectivity index (χ0n) is 17.6. The van der Waals surface area contributed by atoms with E-state index in [4.69, 9.17) is 12.6 Å². The Hall–Kier alpha value is -1.05. The quantitative estimate of drug-likeness (QED) is 0.233. The molecule has 0 bridgehead atoms. The van der Waals surface area contributed by atoms with E-state index in [1.54, 1.807) is 23.4 Å². The van der Waals surface area contributed by atoms with Gasteiger partial charge in [-0.3, -0.25) is 0 Å². The fourth-order valence-electron chi connectivity index (χ4n) is 4.26. The molecule has 1 fully saturated rings. The monoisotopic (exact) mass is 493 g/mol. The number of carbonyl (C=O) groups is 2. The number of carbonyl (C=O) groups excluding carboxylic acids is 1. The number of carboxylic acids is 1. The molecular formula is C23H31BBrO4S. The van der Waals surface area contributed by atoms with Crippen LogP contribution in [-0.4, -0.2) is 41.5 Å². The van der Waals surface area contributed by atoms with Gasteiger partial charge in [-0.25, -0.2) is 0 Å². The maximum absolute atomic E-state index is 12.4. The summed E-state index contributed by atoms with van der Waals surface area (Å²) < 4.78 is 1.09. The van der Waals surface area contributed by atoms with Crippen molar-refractivity contribution >= 4 is 52.5 Å². The third-order valence-corrected chi connectivity index (χ3v) is 8.15. The van der Waals surface area contributed by atoms with E-state index in [0.29, 0.717) is 19.3 Å². The number of rotatable bonds is 13. The van der Waals surface area contributed by atoms with E-state index in [2.05, 4.69) is 28.9 Å². The van der Waals surface area contributed by atoms with Gasteiger partial charge in [0.15, 0.2) is 0 Å². The van der Waals surface area contributed by atoms with Crippen LogP contribution in [0, 0.1) is 24.7 Å². The summed E-state index contributed by atoms with van der Waals surface area (Å²) in [5.74, 6) is 1.25. The topological polar surface area (TPSA) is 74.6 Å². The molecule has 1 unspecified atom stereocenters. The molecule has 0 amide bonds. The Bertz CT molecular complexity index is 741. The van der Waals surface area contributed by atoms with E-state index in [1.807, 2.05) is 6.08 Å². The van der Waals surface area contributed by atoms with Gasteiger partial charge in [-0.2, -0.15) is 0 Å². The number of ketones is 1. The van der Waals surface area contributed by atoms with E-state index in [9.17, 15) is 14.7 Å². The third kappa shape index (κ3) is 7.90. The van der Waals surface area contributed by atoms with Crippen LogP contribution in [0.25, 0.3) is 0 Å². The number of carboxylic acid groups (broad SMARTS) is 1. The summed E-state index contributed by atoms with van der Waals surface area (Å²) in [5.41, 5.74) is 0. The fraction of sp³-hybridized carbons (Fsp3) is 0.609. The Labute approximate surface area is 193 Å². The van der Waals surface area contributed by atoms with Gasteiger partial charge in [-0.1, -0.05) is 0 Å². The SMILES string of the molecule is [B]=C[C@@H]1CC(O)[C@H](CCCCCCC(=O)O)[C@H]1/C=C/C(=O)CCc1cc(Br)c(C)s1. The van der Waals surface area contributed by atoms with Gasteiger partial charge in [0, 0.05) is 0 Å². The Balaban J connectivity index is 1.84. The molecule has 0 spiro atoms. The first-order valence-corrected chi connectivity index (χ1v) is 12.3. The van der Waals surface area contributed by atoms with Gasteiger partial charge in [-0.15, -0.1) is 0 Å². The van der Waals surface area contributed by atoms with Crippen molar-refractivity contribution in [2.24, 2.45) is 17.8 Å². The van der Waals surface area contributed by atoms with Crippen LogP contribution >= 0.6 is 27.3 Å². The van der Waals surface area contributed by atoms with Crippen LogP contribution in [0.15, 0.2) is 22.7 Å². The molecule has 0 aliphatic heterocycles. The summed E-state index contributed by atoms with van der Waals surface area (Å²) in [4.78, 5) is 25.4. The molecule has 1 heterocycles. The molecule has 4 nitrogen and oxygen atoms in total. The average molecular weight is 494 g/mol. The zero-order chi connectivity index (χ0) is 22.1. The van der Waals surface area contributed by atoms with Crippen molar-refractivity contribution in [1.29, 1.82) is 0 Å². The van der Waals surface area contributed by atoms with Crippen LogP contribution in [0.5, 0.6) is 0 Å². The van der Waals surface area contributed by atoms with Crippen LogP contribution in [0.4, 0.5) is 0 Å². The van der Waals surface area contributed by atoms with E-state index in [-0.39, 0.29) is 30.0 Å². The molecule has 1 aromatic rings. The number of aliphatic hydroxyl groups excluding tert-OH is 1. The summed E-state index contributed by atoms with van der Waals surface area (Å²) in [7, 11) is 5.82. The first-order chi connectivity index (χ1) is 14.3. The molecule has 1 saturated carbocycles. The van der Waals surface area contributed by atoms with Gasteiger partial charge in [0.25, 0.3) is 0 Å². The van der Waals surface area contributed by atoms with Crippen LogP contribution < -0.4 is 0 Å². The van der Waals surface area contributed by atoms with Gasteiger partial charge < -0.3 is 0 Å². The number of hydrogen-bond donors (Lipinski definition) is 2. The summed E-state index contributed by atoms with van der Waals surface area (Å²) >= 11 is 5.22. The van der Waals surface area contributed by atoms with E-state index in [0.717, 1.165) is 36.6 Å². The second-order valence-corrected chi connectivity index (χ2v) is 10.4. The molecule has 0 aromatic carbocycles. The molecule has 2 N–H and O–H groups in total. The van der Waals surface area contributed by atoms with Crippen LogP contribution in [0.2, 0.25) is 0 Å². The molecule has 1 aromatic heterocycles. The van der Waals surface area contributed by atoms with Gasteiger partial charge in [0.05, 0.1) is 0 Å². The number of aliphatic carboxylic acids is 1. The standard InChI is InChI=1S/C23H31BBrO4S/c1-15-21(25)13-18(30-15)10-8-17(26)9-11-19-16(14-24)12-22(27)20(19)6-4-2-3-5-7-23(28)29/h9,11,13-14,16,19-20,22,27H,2-8,10,12H2,1H3,(H,28,29)/b11-9+/t16-,19-,20+,22?/m0/s1. The number of aliphatic hydroxyl groups is 1. The molecule has 0 saturated heterocycles. The number of aryl methyl sites for hydroxylation is 2. The maximum atomic E-state index is 12.4. The van der Waals surface area contributed by atoms with Gasteiger partial charge in [-0.05, 0) is 0 Å². The fourth-order valence-corrected chi connectivity index (χ4v) is 5.86. The molecule has 7 heteroatoms. The van der Waals surface area contributed by atoms with Crippen LogP contribution in [0.1, 0.15) is 61.1 Å². The first kappa shape index (κ1) is 25.2. The van der Waals surface area contributed by atoms with E-state index < -0.39 is 12.1 Å². The zero-order valence-corrected chi connectivity index (χ0v) is 20.0. The van der Waals surface area contributed by atoms with Crippen molar-refractivity contribution in [1.82, 2.24) is 0 Å².